The Bertz CT molecular complexity index is 1330. The van der Waals surface area contributed by atoms with Gasteiger partial charge in [0.15, 0.2) is 5.82 Å². The summed E-state index contributed by atoms with van der Waals surface area (Å²) in [6.45, 7) is 3.72. The molecule has 0 aromatic carbocycles. The molecule has 44 heavy (non-hydrogen) atoms. The Labute approximate surface area is 261 Å². The largest absolute Gasteiger partial charge is 0.400 e. The molecular formula is C27H42ClN11O5. The molecule has 0 atom stereocenters. The van der Waals surface area contributed by atoms with Crippen LogP contribution in [-0.4, -0.2) is 63.2 Å². The number of hydrogen-bond acceptors (Lipinski definition) is 14. The number of nitrogen functional groups attached to an aromatic ring is 4. The second-order valence-corrected chi connectivity index (χ2v) is 9.72. The highest BCUT2D eigenvalue weighted by Gasteiger charge is 2.25. The molecule has 5 rings (SSSR count). The molecule has 0 saturated carbocycles. The highest BCUT2D eigenvalue weighted by molar-refractivity contribution is 6.31. The first-order chi connectivity index (χ1) is 20.6. The number of aromatic nitrogens is 3. The monoisotopic (exact) mass is 635 g/mol. The van der Waals surface area contributed by atoms with Crippen molar-refractivity contribution in [1.82, 2.24) is 15.0 Å². The third kappa shape index (κ3) is 10.2. The van der Waals surface area contributed by atoms with Gasteiger partial charge in [0.05, 0.1) is 21.2 Å². The average Bonchev–Trinajstić information content (AvgIpc) is 3.00. The molecule has 0 aliphatic carbocycles. The summed E-state index contributed by atoms with van der Waals surface area (Å²) < 4.78 is 0. The molecule has 242 valence electrons. The molecule has 2 fully saturated rings. The van der Waals surface area contributed by atoms with Crippen molar-refractivity contribution in [1.29, 1.82) is 0 Å². The molecule has 2 aliphatic heterocycles. The lowest BCUT2D eigenvalue weighted by atomic mass is 10.1. The minimum Gasteiger partial charge on any atom is -0.400 e. The van der Waals surface area contributed by atoms with Crippen molar-refractivity contribution in [3.8, 4) is 0 Å². The van der Waals surface area contributed by atoms with Crippen molar-refractivity contribution in [3.63, 3.8) is 0 Å². The Morgan fingerprint density at radius 1 is 0.682 bits per heavy atom. The molecule has 0 radical (unpaired) electrons. The van der Waals surface area contributed by atoms with Gasteiger partial charge in [-0.1, -0.05) is 19.0 Å². The minimum absolute atomic E-state index is 0. The van der Waals surface area contributed by atoms with Crippen LogP contribution in [0.3, 0.4) is 0 Å². The third-order valence-corrected chi connectivity index (χ3v) is 6.80. The lowest BCUT2D eigenvalue weighted by Gasteiger charge is -2.28. The number of nitro groups is 2. The van der Waals surface area contributed by atoms with E-state index in [2.05, 4.69) is 19.9 Å². The van der Waals surface area contributed by atoms with Crippen LogP contribution in [0.15, 0.2) is 36.8 Å². The maximum atomic E-state index is 10.9. The highest BCUT2D eigenvalue weighted by Crippen LogP contribution is 2.33. The summed E-state index contributed by atoms with van der Waals surface area (Å²) >= 11 is 5.39. The minimum atomic E-state index is -0.662. The van der Waals surface area contributed by atoms with E-state index in [1.165, 1.54) is 50.2 Å². The molecule has 16 nitrogen and oxygen atoms in total. The third-order valence-electron chi connectivity index (χ3n) is 6.53. The van der Waals surface area contributed by atoms with Gasteiger partial charge in [0.1, 0.15) is 11.4 Å². The summed E-state index contributed by atoms with van der Waals surface area (Å²) in [5, 5.41) is 28.0. The van der Waals surface area contributed by atoms with Crippen LogP contribution in [0.25, 0.3) is 0 Å². The van der Waals surface area contributed by atoms with Crippen LogP contribution in [0, 0.1) is 20.2 Å². The zero-order chi connectivity index (χ0) is 31.9. The van der Waals surface area contributed by atoms with Crippen LogP contribution in [-0.2, 0) is 0 Å². The van der Waals surface area contributed by atoms with Gasteiger partial charge in [-0.15, -0.1) is 0 Å². The van der Waals surface area contributed by atoms with Crippen LogP contribution in [0.4, 0.5) is 45.8 Å². The molecule has 3 aromatic rings. The maximum Gasteiger partial charge on any atom is 0.334 e. The Morgan fingerprint density at radius 2 is 1.07 bits per heavy atom. The van der Waals surface area contributed by atoms with E-state index >= 15 is 0 Å². The van der Waals surface area contributed by atoms with Crippen LogP contribution < -0.4 is 32.7 Å². The molecule has 2 aliphatic rings. The smallest absolute Gasteiger partial charge is 0.334 e. The second kappa shape index (κ2) is 18.8. The van der Waals surface area contributed by atoms with Crippen LogP contribution in [0.5, 0.6) is 0 Å². The summed E-state index contributed by atoms with van der Waals surface area (Å²) in [5.41, 5.74) is 23.5. The van der Waals surface area contributed by atoms with Crippen molar-refractivity contribution in [2.45, 2.75) is 46.0 Å². The zero-order valence-electron chi connectivity index (χ0n) is 23.9. The number of pyridine rings is 3. The van der Waals surface area contributed by atoms with E-state index in [-0.39, 0.29) is 35.3 Å². The van der Waals surface area contributed by atoms with E-state index in [1.54, 1.807) is 12.3 Å². The molecular weight excluding hydrogens is 594 g/mol. The van der Waals surface area contributed by atoms with Crippen molar-refractivity contribution >= 4 is 57.4 Å². The first kappa shape index (κ1) is 37.3. The van der Waals surface area contributed by atoms with Gasteiger partial charge in [-0.3, -0.25) is 20.2 Å². The van der Waals surface area contributed by atoms with E-state index in [4.69, 9.17) is 39.6 Å². The number of nitrogens with zero attached hydrogens (tertiary/aromatic N) is 7. The summed E-state index contributed by atoms with van der Waals surface area (Å²) in [5.74, 6) is 1.26. The Morgan fingerprint density at radius 3 is 1.50 bits per heavy atom. The summed E-state index contributed by atoms with van der Waals surface area (Å²) in [4.78, 5) is 36.1. The predicted octanol–water partition coefficient (Wildman–Crippen LogP) is 4.27. The standard InChI is InChI=1S/C10H14N4O2.C10H16N4.C5H4ClN3O2.CH4O.CH4/c11-8-4-5-12-10(9(8)14(15)16)13-6-2-1-3-7-13;11-8-4-5-13-10(9(8)12)14-6-2-1-3-7-14;6-5-4(9(10)11)3(7)1-2-8-5;1-2;/h4-5H,1-3,6-7H2,(H2,11,12);4-5H,1-3,6-7,12H2,(H2,11,13);1-2H,(H2,7,8);2H,1H3;1H4. The molecule has 9 N–H and O–H groups in total. The molecule has 5 heterocycles. The molecule has 17 heteroatoms. The highest BCUT2D eigenvalue weighted by atomic mass is 35.5. The number of nitrogens with two attached hydrogens (primary N) is 4. The first-order valence-electron chi connectivity index (χ1n) is 13.5. The van der Waals surface area contributed by atoms with Gasteiger partial charge in [-0.05, 0) is 56.7 Å². The fourth-order valence-electron chi connectivity index (χ4n) is 4.44. The molecule has 3 aromatic heterocycles. The van der Waals surface area contributed by atoms with Gasteiger partial charge in [-0.25, -0.2) is 15.0 Å². The van der Waals surface area contributed by atoms with Gasteiger partial charge >= 0.3 is 11.4 Å². The number of aliphatic hydroxyl groups is 1. The number of piperidine rings is 2. The van der Waals surface area contributed by atoms with E-state index in [9.17, 15) is 20.2 Å². The van der Waals surface area contributed by atoms with Crippen LogP contribution in [0.2, 0.25) is 5.15 Å². The molecule has 0 unspecified atom stereocenters. The Kier molecular flexibility index (Phi) is 15.9. The van der Waals surface area contributed by atoms with Gasteiger partial charge < -0.3 is 37.8 Å². The van der Waals surface area contributed by atoms with Crippen molar-refractivity contribution in [2.75, 3.05) is 66.0 Å². The van der Waals surface area contributed by atoms with Crippen molar-refractivity contribution in [3.05, 3.63) is 62.2 Å². The SMILES string of the molecule is C.CO.Nc1ccnc(Cl)c1[N+](=O)[O-].Nc1ccnc(N2CCCCC2)c1N.Nc1ccnc(N2CCCCC2)c1[N+](=O)[O-]. The quantitative estimate of drug-likeness (QED) is 0.152. The number of halogens is 1. The normalized spacial score (nSPS) is 13.8. The molecule has 0 spiro atoms. The van der Waals surface area contributed by atoms with Crippen molar-refractivity contribution < 1.29 is 15.0 Å². The van der Waals surface area contributed by atoms with Gasteiger partial charge in [0.2, 0.25) is 11.0 Å². The van der Waals surface area contributed by atoms with Crippen LogP contribution >= 0.6 is 11.6 Å². The maximum absolute atomic E-state index is 10.9. The summed E-state index contributed by atoms with van der Waals surface area (Å²) in [6.07, 6.45) is 11.6. The van der Waals surface area contributed by atoms with Gasteiger partial charge in [-0.2, -0.15) is 0 Å². The lowest BCUT2D eigenvalue weighted by molar-refractivity contribution is -0.384. The van der Waals surface area contributed by atoms with Gasteiger partial charge in [0, 0.05) is 51.9 Å². The average molecular weight is 636 g/mol. The topological polar surface area (TPSA) is 256 Å². The van der Waals surface area contributed by atoms with E-state index in [1.807, 2.05) is 4.90 Å². The number of hydrogen-bond donors (Lipinski definition) is 5. The van der Waals surface area contributed by atoms with E-state index in [0.717, 1.165) is 51.9 Å². The molecule has 0 bridgehead atoms. The van der Waals surface area contributed by atoms with Crippen LogP contribution in [0.1, 0.15) is 46.0 Å². The second-order valence-electron chi connectivity index (χ2n) is 9.36. The lowest BCUT2D eigenvalue weighted by Crippen LogP contribution is -2.31. The summed E-state index contributed by atoms with van der Waals surface area (Å²) in [6, 6.07) is 4.53. The molecule has 0 amide bonds. The fourth-order valence-corrected chi connectivity index (χ4v) is 4.67. The summed E-state index contributed by atoms with van der Waals surface area (Å²) in [7, 11) is 1.00. The Balaban J connectivity index is 0.000000322. The van der Waals surface area contributed by atoms with Crippen molar-refractivity contribution in [2.24, 2.45) is 0 Å². The Hall–Kier alpha value is -4.70. The first-order valence-corrected chi connectivity index (χ1v) is 13.9. The number of aliphatic hydroxyl groups excluding tert-OH is 1. The fraction of sp³-hybridized carbons (Fsp3) is 0.444. The number of anilines is 6. The zero-order valence-corrected chi connectivity index (χ0v) is 24.7. The molecule has 2 saturated heterocycles. The number of rotatable bonds is 4. The van der Waals surface area contributed by atoms with E-state index in [0.29, 0.717) is 17.2 Å². The van der Waals surface area contributed by atoms with Gasteiger partial charge in [0.25, 0.3) is 0 Å². The predicted molar refractivity (Wildman–Crippen MR) is 176 cm³/mol. The van der Waals surface area contributed by atoms with E-state index < -0.39 is 9.85 Å².